The summed E-state index contributed by atoms with van der Waals surface area (Å²) >= 11 is 0. The molecule has 5 heterocycles. The Bertz CT molecular complexity index is 1400. The van der Waals surface area contributed by atoms with Crippen molar-refractivity contribution in [1.29, 1.82) is 0 Å². The van der Waals surface area contributed by atoms with Crippen molar-refractivity contribution in [2.75, 3.05) is 67.2 Å². The molecule has 10 heteroatoms. The van der Waals surface area contributed by atoms with Crippen LogP contribution in [0.5, 0.6) is 0 Å². The highest BCUT2D eigenvalue weighted by molar-refractivity contribution is 6.06. The molecule has 2 fully saturated rings. The van der Waals surface area contributed by atoms with Gasteiger partial charge in [0.1, 0.15) is 17.1 Å². The molecule has 1 aromatic carbocycles. The molecule has 2 aliphatic heterocycles. The number of hydrogen-bond acceptors (Lipinski definition) is 9. The van der Waals surface area contributed by atoms with Gasteiger partial charge in [-0.05, 0) is 56.6 Å². The number of benzene rings is 1. The number of aromatic nitrogens is 2. The quantitative estimate of drug-likeness (QED) is 0.417. The number of piperazine rings is 1. The van der Waals surface area contributed by atoms with E-state index in [1.807, 2.05) is 18.2 Å². The predicted octanol–water partition coefficient (Wildman–Crippen LogP) is 4.06. The standard InChI is InChI=1S/C27H31N7O3/c1-32-11-13-34(14-12-32)27-31-20-15-21(33-9-3-2-4-10-33)19(16-24(20)37-27)30-26(35)23-7-6-22(36-23)18-5-8-25(28)29-17-18/h5-8,15-17H,2-4,9-14H2,1H3,(H2,28,29)(H,30,35). The van der Waals surface area contributed by atoms with E-state index in [0.29, 0.717) is 28.9 Å². The summed E-state index contributed by atoms with van der Waals surface area (Å²) in [4.78, 5) is 28.9. The topological polar surface area (TPSA) is 117 Å². The fourth-order valence-corrected chi connectivity index (χ4v) is 4.93. The third-order valence-corrected chi connectivity index (χ3v) is 7.11. The van der Waals surface area contributed by atoms with Gasteiger partial charge < -0.3 is 34.6 Å². The van der Waals surface area contributed by atoms with Gasteiger partial charge in [0.05, 0.1) is 11.4 Å². The number of carbonyl (C=O) groups excluding carboxylic acids is 1. The number of hydrogen-bond donors (Lipinski definition) is 2. The SMILES string of the molecule is CN1CCN(c2nc3cc(N4CCCCC4)c(NC(=O)c4ccc(-c5ccc(N)nc5)o4)cc3o2)CC1. The third kappa shape index (κ3) is 4.84. The van der Waals surface area contributed by atoms with Crippen LogP contribution < -0.4 is 20.9 Å². The number of nitrogens with one attached hydrogen (secondary N) is 1. The van der Waals surface area contributed by atoms with Crippen LogP contribution in [0.4, 0.5) is 23.2 Å². The summed E-state index contributed by atoms with van der Waals surface area (Å²) < 4.78 is 12.0. The van der Waals surface area contributed by atoms with Crippen molar-refractivity contribution in [3.63, 3.8) is 0 Å². The van der Waals surface area contributed by atoms with Crippen molar-refractivity contribution in [3.8, 4) is 11.3 Å². The van der Waals surface area contributed by atoms with Crippen LogP contribution in [0.25, 0.3) is 22.4 Å². The molecule has 0 radical (unpaired) electrons. The number of likely N-dealkylation sites (N-methyl/N-ethyl adjacent to an activating group) is 1. The van der Waals surface area contributed by atoms with E-state index in [-0.39, 0.29) is 11.7 Å². The van der Waals surface area contributed by atoms with Crippen molar-refractivity contribution in [2.45, 2.75) is 19.3 Å². The van der Waals surface area contributed by atoms with E-state index in [9.17, 15) is 4.79 Å². The Morgan fingerprint density at radius 3 is 2.51 bits per heavy atom. The molecule has 37 heavy (non-hydrogen) atoms. The molecule has 2 aliphatic rings. The number of nitrogens with two attached hydrogens (primary N) is 1. The van der Waals surface area contributed by atoms with Crippen LogP contribution in [0.1, 0.15) is 29.8 Å². The Hall–Kier alpha value is -4.05. The first-order valence-electron chi connectivity index (χ1n) is 12.8. The first-order chi connectivity index (χ1) is 18.0. The van der Waals surface area contributed by atoms with Gasteiger partial charge in [-0.3, -0.25) is 4.79 Å². The zero-order valence-electron chi connectivity index (χ0n) is 20.9. The van der Waals surface area contributed by atoms with Crippen molar-refractivity contribution in [1.82, 2.24) is 14.9 Å². The highest BCUT2D eigenvalue weighted by Gasteiger charge is 2.23. The Morgan fingerprint density at radius 1 is 0.946 bits per heavy atom. The van der Waals surface area contributed by atoms with Crippen LogP contribution in [0.2, 0.25) is 0 Å². The Balaban J connectivity index is 1.30. The molecular weight excluding hydrogens is 470 g/mol. The maximum atomic E-state index is 13.2. The second kappa shape index (κ2) is 9.78. The lowest BCUT2D eigenvalue weighted by molar-refractivity contribution is 0.0997. The van der Waals surface area contributed by atoms with E-state index in [1.165, 1.54) is 6.42 Å². The molecule has 2 saturated heterocycles. The number of furan rings is 1. The van der Waals surface area contributed by atoms with Crippen molar-refractivity contribution < 1.29 is 13.6 Å². The van der Waals surface area contributed by atoms with Crippen LogP contribution in [0.3, 0.4) is 0 Å². The van der Waals surface area contributed by atoms with Gasteiger partial charge in [0.15, 0.2) is 11.3 Å². The van der Waals surface area contributed by atoms with Gasteiger partial charge in [0.2, 0.25) is 0 Å². The molecule has 4 aromatic rings. The molecule has 0 aliphatic carbocycles. The van der Waals surface area contributed by atoms with E-state index in [1.54, 1.807) is 24.4 Å². The number of fused-ring (bicyclic) bond motifs is 1. The second-order valence-corrected chi connectivity index (χ2v) is 9.76. The van der Waals surface area contributed by atoms with Crippen LogP contribution >= 0.6 is 0 Å². The predicted molar refractivity (Wildman–Crippen MR) is 144 cm³/mol. The monoisotopic (exact) mass is 501 g/mol. The summed E-state index contributed by atoms with van der Waals surface area (Å²) in [5.41, 5.74) is 9.52. The molecule has 0 atom stereocenters. The number of nitrogen functional groups attached to an aromatic ring is 1. The lowest BCUT2D eigenvalue weighted by Crippen LogP contribution is -2.44. The number of anilines is 4. The van der Waals surface area contributed by atoms with Gasteiger partial charge in [-0.25, -0.2) is 4.98 Å². The molecule has 0 saturated carbocycles. The maximum Gasteiger partial charge on any atom is 0.298 e. The van der Waals surface area contributed by atoms with Gasteiger partial charge in [-0.2, -0.15) is 4.98 Å². The molecule has 6 rings (SSSR count). The van der Waals surface area contributed by atoms with Gasteiger partial charge >= 0.3 is 0 Å². The van der Waals surface area contributed by atoms with Crippen LogP contribution in [-0.2, 0) is 0 Å². The van der Waals surface area contributed by atoms with E-state index in [2.05, 4.69) is 32.0 Å². The third-order valence-electron chi connectivity index (χ3n) is 7.11. The number of pyridine rings is 1. The lowest BCUT2D eigenvalue weighted by Gasteiger charge is -2.31. The van der Waals surface area contributed by atoms with Gasteiger partial charge in [-0.15, -0.1) is 0 Å². The highest BCUT2D eigenvalue weighted by Crippen LogP contribution is 2.35. The smallest absolute Gasteiger partial charge is 0.298 e. The zero-order chi connectivity index (χ0) is 25.4. The fraction of sp³-hybridized carbons (Fsp3) is 0.370. The summed E-state index contributed by atoms with van der Waals surface area (Å²) in [6, 6.07) is 11.5. The van der Waals surface area contributed by atoms with Crippen molar-refractivity contribution in [2.24, 2.45) is 0 Å². The first kappa shape index (κ1) is 23.4. The van der Waals surface area contributed by atoms with Crippen molar-refractivity contribution in [3.05, 3.63) is 48.4 Å². The summed E-state index contributed by atoms with van der Waals surface area (Å²) in [5, 5.41) is 3.07. The zero-order valence-corrected chi connectivity index (χ0v) is 20.9. The Labute approximate surface area is 215 Å². The van der Waals surface area contributed by atoms with Crippen molar-refractivity contribution >= 4 is 40.2 Å². The van der Waals surface area contributed by atoms with Gasteiger partial charge in [-0.1, -0.05) is 0 Å². The molecule has 0 bridgehead atoms. The van der Waals surface area contributed by atoms with Crippen LogP contribution in [0.15, 0.2) is 51.4 Å². The van der Waals surface area contributed by atoms with Crippen LogP contribution in [-0.4, -0.2) is 67.1 Å². The number of oxazole rings is 1. The molecule has 3 N–H and O–H groups in total. The minimum Gasteiger partial charge on any atom is -0.451 e. The minimum absolute atomic E-state index is 0.215. The van der Waals surface area contributed by atoms with E-state index in [4.69, 9.17) is 19.6 Å². The fourth-order valence-electron chi connectivity index (χ4n) is 4.93. The minimum atomic E-state index is -0.328. The Morgan fingerprint density at radius 2 is 1.76 bits per heavy atom. The molecule has 3 aromatic heterocycles. The molecule has 0 spiro atoms. The molecule has 0 unspecified atom stereocenters. The molecule has 1 amide bonds. The number of nitrogens with zero attached hydrogens (tertiary/aromatic N) is 5. The number of carbonyl (C=O) groups is 1. The van der Waals surface area contributed by atoms with E-state index >= 15 is 0 Å². The van der Waals surface area contributed by atoms with E-state index < -0.39 is 0 Å². The number of piperidine rings is 1. The second-order valence-electron chi connectivity index (χ2n) is 9.76. The molecule has 10 nitrogen and oxygen atoms in total. The molecular formula is C27H31N7O3. The summed E-state index contributed by atoms with van der Waals surface area (Å²) in [6.07, 6.45) is 5.08. The number of rotatable bonds is 5. The molecule has 192 valence electrons. The average molecular weight is 502 g/mol. The Kier molecular flexibility index (Phi) is 6.17. The highest BCUT2D eigenvalue weighted by atomic mass is 16.4. The van der Waals surface area contributed by atoms with Gasteiger partial charge in [0, 0.05) is 57.1 Å². The lowest BCUT2D eigenvalue weighted by atomic mass is 10.1. The van der Waals surface area contributed by atoms with Crippen LogP contribution in [0, 0.1) is 0 Å². The van der Waals surface area contributed by atoms with E-state index in [0.717, 1.165) is 68.9 Å². The first-order valence-corrected chi connectivity index (χ1v) is 12.8. The summed E-state index contributed by atoms with van der Waals surface area (Å²) in [5.74, 6) is 0.867. The maximum absolute atomic E-state index is 13.2. The largest absolute Gasteiger partial charge is 0.451 e. The normalized spacial score (nSPS) is 16.9. The summed E-state index contributed by atoms with van der Waals surface area (Å²) in [7, 11) is 2.12. The summed E-state index contributed by atoms with van der Waals surface area (Å²) in [6.45, 7) is 5.55. The van der Waals surface area contributed by atoms with Gasteiger partial charge in [0.25, 0.3) is 11.9 Å². The average Bonchev–Trinajstić information content (AvgIpc) is 3.57. The number of amides is 1.